The number of carbonyl (C=O) groups is 2. The number of piperidine rings is 1. The molecule has 10 nitrogen and oxygen atoms in total. The zero-order valence-corrected chi connectivity index (χ0v) is 20.1. The van der Waals surface area contributed by atoms with Gasteiger partial charge in [0.25, 0.3) is 0 Å². The summed E-state index contributed by atoms with van der Waals surface area (Å²) in [6, 6.07) is 8.55. The van der Waals surface area contributed by atoms with Gasteiger partial charge >= 0.3 is 5.97 Å². The predicted octanol–water partition coefficient (Wildman–Crippen LogP) is 2.14. The van der Waals surface area contributed by atoms with Gasteiger partial charge in [-0.05, 0) is 43.5 Å². The van der Waals surface area contributed by atoms with Crippen LogP contribution < -0.4 is 14.4 Å². The maximum absolute atomic E-state index is 13.3. The third-order valence-corrected chi connectivity index (χ3v) is 6.67. The molecule has 0 spiro atoms. The van der Waals surface area contributed by atoms with E-state index in [1.807, 2.05) is 6.07 Å². The molecular weight excluding hydrogens is 479 g/mol. The van der Waals surface area contributed by atoms with Gasteiger partial charge in [-0.1, -0.05) is 12.1 Å². The summed E-state index contributed by atoms with van der Waals surface area (Å²) in [6.45, 7) is 2.46. The molecule has 0 unspecified atom stereocenters. The molecule has 0 saturated carbocycles. The number of benzene rings is 1. The Morgan fingerprint density at radius 1 is 1.29 bits per heavy atom. The summed E-state index contributed by atoms with van der Waals surface area (Å²) in [5.74, 6) is -2.62. The number of nitrogens with zero attached hydrogens (tertiary/aromatic N) is 3. The number of ether oxygens (including phenoxy) is 2. The van der Waals surface area contributed by atoms with Crippen LogP contribution in [0.5, 0.6) is 5.88 Å². The van der Waals surface area contributed by atoms with Crippen LogP contribution in [0.2, 0.25) is 0 Å². The van der Waals surface area contributed by atoms with Gasteiger partial charge in [0, 0.05) is 19.0 Å². The Morgan fingerprint density at radius 3 is 2.60 bits per heavy atom. The Balaban J connectivity index is 1.67. The van der Waals surface area contributed by atoms with Gasteiger partial charge in [0.2, 0.25) is 21.8 Å². The number of amides is 1. The number of sulfonamides is 1. The standard InChI is InChI=1S/C23H25FN4O6S/c1-3-34-23(30)19-12-17(13-25)20(26-22(19)33-2)28-9-7-16(8-10-28)21(29)27-35(31,32)14-15-5-4-6-18(24)11-15/h4-6,11-12,16H,3,7-10,14H2,1-2H3,(H,27,29). The van der Waals surface area contributed by atoms with E-state index < -0.39 is 39.4 Å². The average Bonchev–Trinajstić information content (AvgIpc) is 2.82. The third-order valence-electron chi connectivity index (χ3n) is 5.44. The van der Waals surface area contributed by atoms with E-state index in [9.17, 15) is 27.7 Å². The zero-order chi connectivity index (χ0) is 25.6. The highest BCUT2D eigenvalue weighted by atomic mass is 32.2. The molecule has 186 valence electrons. The van der Waals surface area contributed by atoms with Crippen LogP contribution in [0, 0.1) is 23.1 Å². The number of esters is 1. The van der Waals surface area contributed by atoms with Crippen LogP contribution in [-0.2, 0) is 25.3 Å². The highest BCUT2D eigenvalue weighted by Gasteiger charge is 2.30. The molecule has 1 saturated heterocycles. The summed E-state index contributed by atoms with van der Waals surface area (Å²) < 4.78 is 50.3. The Hall–Kier alpha value is -3.72. The number of carbonyl (C=O) groups excluding carboxylic acids is 2. The zero-order valence-electron chi connectivity index (χ0n) is 19.3. The predicted molar refractivity (Wildman–Crippen MR) is 124 cm³/mol. The van der Waals surface area contributed by atoms with Crippen LogP contribution in [0.3, 0.4) is 0 Å². The first-order valence-electron chi connectivity index (χ1n) is 10.9. The van der Waals surface area contributed by atoms with Gasteiger partial charge in [-0.15, -0.1) is 0 Å². The summed E-state index contributed by atoms with van der Waals surface area (Å²) in [5, 5.41) is 9.59. The highest BCUT2D eigenvalue weighted by molar-refractivity contribution is 7.89. The fourth-order valence-electron chi connectivity index (χ4n) is 3.79. The summed E-state index contributed by atoms with van der Waals surface area (Å²) in [4.78, 5) is 30.9. The van der Waals surface area contributed by atoms with Gasteiger partial charge in [-0.25, -0.2) is 17.6 Å². The minimum Gasteiger partial charge on any atom is -0.480 e. The number of hydrogen-bond acceptors (Lipinski definition) is 9. The molecule has 1 N–H and O–H groups in total. The molecule has 0 aliphatic carbocycles. The topological polar surface area (TPSA) is 139 Å². The summed E-state index contributed by atoms with van der Waals surface area (Å²) in [5.41, 5.74) is 0.414. The van der Waals surface area contributed by atoms with Crippen LogP contribution >= 0.6 is 0 Å². The normalized spacial score (nSPS) is 14.2. The van der Waals surface area contributed by atoms with E-state index in [4.69, 9.17) is 9.47 Å². The van der Waals surface area contributed by atoms with Crippen molar-refractivity contribution in [2.75, 3.05) is 31.7 Å². The fourth-order valence-corrected chi connectivity index (χ4v) is 4.96. The fraction of sp³-hybridized carbons (Fsp3) is 0.391. The van der Waals surface area contributed by atoms with Crippen LogP contribution in [0.15, 0.2) is 30.3 Å². The smallest absolute Gasteiger partial charge is 0.343 e. The van der Waals surface area contributed by atoms with Crippen LogP contribution in [0.25, 0.3) is 0 Å². The summed E-state index contributed by atoms with van der Waals surface area (Å²) >= 11 is 0. The molecule has 2 aromatic rings. The van der Waals surface area contributed by atoms with E-state index in [-0.39, 0.29) is 29.2 Å². The van der Waals surface area contributed by atoms with Crippen molar-refractivity contribution in [3.05, 3.63) is 52.8 Å². The second-order valence-corrected chi connectivity index (χ2v) is 9.59. The molecule has 1 fully saturated rings. The van der Waals surface area contributed by atoms with Crippen molar-refractivity contribution < 1.29 is 31.9 Å². The largest absolute Gasteiger partial charge is 0.480 e. The molecule has 1 aromatic heterocycles. The first-order valence-corrected chi connectivity index (χ1v) is 12.5. The molecule has 12 heteroatoms. The number of nitrogens with one attached hydrogen (secondary N) is 1. The average molecular weight is 505 g/mol. The molecule has 1 aliphatic rings. The molecule has 35 heavy (non-hydrogen) atoms. The number of pyridine rings is 1. The second kappa shape index (κ2) is 11.1. The van der Waals surface area contributed by atoms with Crippen LogP contribution in [0.1, 0.15) is 41.3 Å². The molecule has 3 rings (SSSR count). The molecule has 0 bridgehead atoms. The van der Waals surface area contributed by atoms with Crippen molar-refractivity contribution >= 4 is 27.7 Å². The second-order valence-electron chi connectivity index (χ2n) is 7.87. The molecule has 2 heterocycles. The third kappa shape index (κ3) is 6.45. The lowest BCUT2D eigenvalue weighted by Gasteiger charge is -2.32. The van der Waals surface area contributed by atoms with E-state index >= 15 is 0 Å². The Labute approximate surface area is 202 Å². The van der Waals surface area contributed by atoms with Crippen molar-refractivity contribution in [1.29, 1.82) is 5.26 Å². The lowest BCUT2D eigenvalue weighted by molar-refractivity contribution is -0.123. The number of aromatic nitrogens is 1. The van der Waals surface area contributed by atoms with Crippen molar-refractivity contribution in [2.24, 2.45) is 5.92 Å². The number of nitriles is 1. The molecular formula is C23H25FN4O6S. The molecule has 0 radical (unpaired) electrons. The Kier molecular flexibility index (Phi) is 8.24. The molecule has 1 aliphatic heterocycles. The quantitative estimate of drug-likeness (QED) is 0.536. The van der Waals surface area contributed by atoms with E-state index in [1.165, 1.54) is 31.4 Å². The number of anilines is 1. The molecule has 1 amide bonds. The number of methoxy groups -OCH3 is 1. The van der Waals surface area contributed by atoms with Crippen molar-refractivity contribution in [3.8, 4) is 11.9 Å². The van der Waals surface area contributed by atoms with Gasteiger partial charge in [0.05, 0.1) is 25.0 Å². The SMILES string of the molecule is CCOC(=O)c1cc(C#N)c(N2CCC(C(=O)NS(=O)(=O)Cc3cccc(F)c3)CC2)nc1OC. The number of rotatable bonds is 8. The maximum Gasteiger partial charge on any atom is 0.343 e. The van der Waals surface area contributed by atoms with E-state index in [0.717, 1.165) is 6.07 Å². The number of halogens is 1. The minimum atomic E-state index is -4.00. The minimum absolute atomic E-state index is 0.0146. The van der Waals surface area contributed by atoms with Gasteiger partial charge in [-0.3, -0.25) is 9.52 Å². The van der Waals surface area contributed by atoms with Gasteiger partial charge < -0.3 is 14.4 Å². The Morgan fingerprint density at radius 2 is 2.00 bits per heavy atom. The van der Waals surface area contributed by atoms with Crippen molar-refractivity contribution in [2.45, 2.75) is 25.5 Å². The maximum atomic E-state index is 13.3. The van der Waals surface area contributed by atoms with Crippen LogP contribution in [-0.4, -0.2) is 52.1 Å². The first-order chi connectivity index (χ1) is 16.7. The first kappa shape index (κ1) is 25.9. The van der Waals surface area contributed by atoms with Crippen molar-refractivity contribution in [3.63, 3.8) is 0 Å². The lowest BCUT2D eigenvalue weighted by atomic mass is 9.96. The van der Waals surface area contributed by atoms with Gasteiger partial charge in [0.15, 0.2) is 5.82 Å². The Bertz CT molecular complexity index is 1250. The summed E-state index contributed by atoms with van der Waals surface area (Å²) in [6.07, 6.45) is 0.631. The monoisotopic (exact) mass is 504 g/mol. The number of hydrogen-bond donors (Lipinski definition) is 1. The van der Waals surface area contributed by atoms with Crippen LogP contribution in [0.4, 0.5) is 10.2 Å². The van der Waals surface area contributed by atoms with E-state index in [2.05, 4.69) is 9.71 Å². The lowest BCUT2D eigenvalue weighted by Crippen LogP contribution is -2.43. The van der Waals surface area contributed by atoms with Crippen molar-refractivity contribution in [1.82, 2.24) is 9.71 Å². The van der Waals surface area contributed by atoms with Gasteiger partial charge in [0.1, 0.15) is 17.4 Å². The highest BCUT2D eigenvalue weighted by Crippen LogP contribution is 2.29. The molecule has 1 aromatic carbocycles. The van der Waals surface area contributed by atoms with Gasteiger partial charge in [-0.2, -0.15) is 10.2 Å². The van der Waals surface area contributed by atoms with E-state index in [1.54, 1.807) is 11.8 Å². The van der Waals surface area contributed by atoms with E-state index in [0.29, 0.717) is 31.7 Å². The molecule has 0 atom stereocenters. The summed E-state index contributed by atoms with van der Waals surface area (Å²) in [7, 11) is -2.65.